The molecule has 7 heteroatoms. The molecular weight excluding hydrogens is 412 g/mol. The number of aromatic nitrogens is 3. The number of aryl methyl sites for hydroxylation is 3. The minimum atomic E-state index is -0.0344. The maximum atomic E-state index is 12.7. The molecule has 0 aliphatic carbocycles. The monoisotopic (exact) mass is 440 g/mol. The Morgan fingerprint density at radius 1 is 1.23 bits per heavy atom. The summed E-state index contributed by atoms with van der Waals surface area (Å²) in [7, 11) is 0. The van der Waals surface area contributed by atoms with Crippen LogP contribution in [0.15, 0.2) is 41.4 Å². The maximum absolute atomic E-state index is 12.7. The van der Waals surface area contributed by atoms with Gasteiger partial charge in [-0.15, -0.1) is 28.1 Å². The molecule has 0 aliphatic heterocycles. The lowest BCUT2D eigenvalue weighted by Gasteiger charge is -2.14. The lowest BCUT2D eigenvalue weighted by Crippen LogP contribution is -2.17. The molecule has 1 aromatic carbocycles. The number of hydrogen-bond donors (Lipinski definition) is 1. The summed E-state index contributed by atoms with van der Waals surface area (Å²) < 4.78 is 2.02. The van der Waals surface area contributed by atoms with Crippen LogP contribution in [-0.2, 0) is 24.2 Å². The number of carbonyl (C=O) groups excluding carboxylic acids is 1. The van der Waals surface area contributed by atoms with Crippen LogP contribution in [-0.4, -0.2) is 26.4 Å². The van der Waals surface area contributed by atoms with Gasteiger partial charge in [-0.05, 0) is 43.4 Å². The van der Waals surface area contributed by atoms with Crippen LogP contribution >= 0.6 is 23.1 Å². The number of rotatable bonds is 9. The Labute approximate surface area is 186 Å². The Morgan fingerprint density at radius 3 is 2.50 bits per heavy atom. The summed E-state index contributed by atoms with van der Waals surface area (Å²) in [6.45, 7) is 12.9. The Bertz CT molecular complexity index is 1030. The second-order valence-electron chi connectivity index (χ2n) is 7.03. The van der Waals surface area contributed by atoms with E-state index < -0.39 is 0 Å². The van der Waals surface area contributed by atoms with Crippen LogP contribution in [0.1, 0.15) is 35.4 Å². The molecule has 30 heavy (non-hydrogen) atoms. The van der Waals surface area contributed by atoms with Gasteiger partial charge in [0.05, 0.1) is 5.75 Å². The molecule has 1 N–H and O–H groups in total. The van der Waals surface area contributed by atoms with E-state index in [0.717, 1.165) is 46.2 Å². The van der Waals surface area contributed by atoms with E-state index in [2.05, 4.69) is 73.4 Å². The number of benzene rings is 1. The third-order valence-electron chi connectivity index (χ3n) is 5.15. The number of nitrogens with one attached hydrogen (secondary N) is 1. The molecule has 0 fully saturated rings. The van der Waals surface area contributed by atoms with Gasteiger partial charge in [0.2, 0.25) is 5.91 Å². The number of thioether (sulfide) groups is 1. The summed E-state index contributed by atoms with van der Waals surface area (Å²) >= 11 is 3.11. The number of hydrogen-bond acceptors (Lipinski definition) is 5. The zero-order chi connectivity index (χ0) is 21.7. The largest absolute Gasteiger partial charge is 0.325 e. The minimum Gasteiger partial charge on any atom is -0.325 e. The van der Waals surface area contributed by atoms with E-state index >= 15 is 0 Å². The molecule has 0 unspecified atom stereocenters. The lowest BCUT2D eigenvalue weighted by molar-refractivity contribution is -0.113. The predicted molar refractivity (Wildman–Crippen MR) is 128 cm³/mol. The molecule has 0 atom stereocenters. The lowest BCUT2D eigenvalue weighted by atomic mass is 10.0. The number of nitrogens with zero attached hydrogens (tertiary/aromatic N) is 3. The van der Waals surface area contributed by atoms with Gasteiger partial charge in [-0.3, -0.25) is 9.36 Å². The Morgan fingerprint density at radius 2 is 1.93 bits per heavy atom. The van der Waals surface area contributed by atoms with Crippen LogP contribution in [0.5, 0.6) is 0 Å². The van der Waals surface area contributed by atoms with E-state index in [9.17, 15) is 4.79 Å². The molecule has 0 spiro atoms. The third-order valence-corrected chi connectivity index (χ3v) is 7.13. The van der Waals surface area contributed by atoms with Crippen molar-refractivity contribution in [2.45, 2.75) is 52.2 Å². The smallest absolute Gasteiger partial charge is 0.234 e. The standard InChI is InChI=1S/C23H28N4OS2/c1-6-12-27-22(19-13-29-16(5)15(19)4)25-26-23(27)30-14-20(28)24-21-17(7-2)10-9-11-18(21)8-3/h6,9-11,13H,1,7-8,12,14H2,2-5H3,(H,24,28). The molecule has 0 bridgehead atoms. The number of thiophene rings is 1. The summed E-state index contributed by atoms with van der Waals surface area (Å²) in [6.07, 6.45) is 3.59. The zero-order valence-electron chi connectivity index (χ0n) is 18.0. The van der Waals surface area contributed by atoms with Crippen molar-refractivity contribution in [3.8, 4) is 11.4 Å². The fourth-order valence-electron chi connectivity index (χ4n) is 3.33. The van der Waals surface area contributed by atoms with Gasteiger partial charge in [0.25, 0.3) is 0 Å². The van der Waals surface area contributed by atoms with Gasteiger partial charge >= 0.3 is 0 Å². The van der Waals surface area contributed by atoms with Crippen molar-refractivity contribution in [1.29, 1.82) is 0 Å². The van der Waals surface area contributed by atoms with E-state index in [0.29, 0.717) is 6.54 Å². The molecule has 158 valence electrons. The van der Waals surface area contributed by atoms with Gasteiger partial charge in [0.1, 0.15) is 0 Å². The van der Waals surface area contributed by atoms with Gasteiger partial charge in [0.15, 0.2) is 11.0 Å². The van der Waals surface area contributed by atoms with Crippen LogP contribution in [0.2, 0.25) is 0 Å². The van der Waals surface area contributed by atoms with Crippen LogP contribution < -0.4 is 5.32 Å². The van der Waals surface area contributed by atoms with E-state index in [4.69, 9.17) is 0 Å². The number of amides is 1. The summed E-state index contributed by atoms with van der Waals surface area (Å²) in [5, 5.41) is 14.7. The molecule has 0 aliphatic rings. The molecule has 0 saturated heterocycles. The van der Waals surface area contributed by atoms with Crippen molar-refractivity contribution in [2.75, 3.05) is 11.1 Å². The second kappa shape index (κ2) is 10.1. The van der Waals surface area contributed by atoms with E-state index in [1.807, 2.05) is 10.6 Å². The summed E-state index contributed by atoms with van der Waals surface area (Å²) in [5.41, 5.74) is 5.58. The van der Waals surface area contributed by atoms with E-state index in [1.54, 1.807) is 11.3 Å². The van der Waals surface area contributed by atoms with Crippen LogP contribution in [0.25, 0.3) is 11.4 Å². The van der Waals surface area contributed by atoms with Crippen molar-refractivity contribution >= 4 is 34.7 Å². The molecule has 0 radical (unpaired) electrons. The number of carbonyl (C=O) groups is 1. The molecule has 1 amide bonds. The Hall–Kier alpha value is -2.38. The molecule has 0 saturated carbocycles. The van der Waals surface area contributed by atoms with Gasteiger partial charge < -0.3 is 5.32 Å². The number of para-hydroxylation sites is 1. The molecular formula is C23H28N4OS2. The van der Waals surface area contributed by atoms with Crippen molar-refractivity contribution in [3.05, 3.63) is 57.8 Å². The highest BCUT2D eigenvalue weighted by molar-refractivity contribution is 7.99. The predicted octanol–water partition coefficient (Wildman–Crippen LogP) is 5.67. The van der Waals surface area contributed by atoms with Gasteiger partial charge in [-0.2, -0.15) is 0 Å². The fourth-order valence-corrected chi connectivity index (χ4v) is 4.94. The van der Waals surface area contributed by atoms with Gasteiger partial charge in [0, 0.05) is 28.1 Å². The van der Waals surface area contributed by atoms with Crippen molar-refractivity contribution in [1.82, 2.24) is 14.8 Å². The van der Waals surface area contributed by atoms with Gasteiger partial charge in [-0.25, -0.2) is 0 Å². The number of anilines is 1. The van der Waals surface area contributed by atoms with Crippen LogP contribution in [0.4, 0.5) is 5.69 Å². The molecule has 2 aromatic heterocycles. The average Bonchev–Trinajstić information content (AvgIpc) is 3.29. The second-order valence-corrected chi connectivity index (χ2v) is 9.06. The zero-order valence-corrected chi connectivity index (χ0v) is 19.6. The average molecular weight is 441 g/mol. The topological polar surface area (TPSA) is 59.8 Å². The van der Waals surface area contributed by atoms with Crippen molar-refractivity contribution < 1.29 is 4.79 Å². The highest BCUT2D eigenvalue weighted by Crippen LogP contribution is 2.32. The Balaban J connectivity index is 1.77. The van der Waals surface area contributed by atoms with E-state index in [-0.39, 0.29) is 11.7 Å². The summed E-state index contributed by atoms with van der Waals surface area (Å²) in [5.74, 6) is 1.06. The molecule has 3 aromatic rings. The number of allylic oxidation sites excluding steroid dienone is 1. The van der Waals surface area contributed by atoms with Crippen LogP contribution in [0.3, 0.4) is 0 Å². The Kier molecular flexibility index (Phi) is 7.50. The first-order valence-corrected chi connectivity index (χ1v) is 12.0. The normalized spacial score (nSPS) is 10.9. The van der Waals surface area contributed by atoms with Crippen molar-refractivity contribution in [3.63, 3.8) is 0 Å². The fraction of sp³-hybridized carbons (Fsp3) is 0.348. The summed E-state index contributed by atoms with van der Waals surface area (Å²) in [6, 6.07) is 6.19. The molecule has 5 nitrogen and oxygen atoms in total. The summed E-state index contributed by atoms with van der Waals surface area (Å²) in [4.78, 5) is 14.0. The molecule has 3 rings (SSSR count). The SMILES string of the molecule is C=CCn1c(SCC(=O)Nc2c(CC)cccc2CC)nnc1-c1csc(C)c1C. The first kappa shape index (κ1) is 22.3. The molecule has 2 heterocycles. The highest BCUT2D eigenvalue weighted by Gasteiger charge is 2.18. The van der Waals surface area contributed by atoms with Gasteiger partial charge in [-0.1, -0.05) is 49.9 Å². The van der Waals surface area contributed by atoms with Crippen LogP contribution in [0, 0.1) is 13.8 Å². The maximum Gasteiger partial charge on any atom is 0.234 e. The minimum absolute atomic E-state index is 0.0344. The van der Waals surface area contributed by atoms with Crippen molar-refractivity contribution in [2.24, 2.45) is 0 Å². The van der Waals surface area contributed by atoms with E-state index in [1.165, 1.54) is 22.2 Å². The first-order chi connectivity index (χ1) is 14.5. The third kappa shape index (κ3) is 4.68. The quantitative estimate of drug-likeness (QED) is 0.344. The highest BCUT2D eigenvalue weighted by atomic mass is 32.2. The first-order valence-electron chi connectivity index (χ1n) is 10.1.